The first kappa shape index (κ1) is 20.2. The van der Waals surface area contributed by atoms with Crippen molar-refractivity contribution in [2.75, 3.05) is 31.1 Å². The van der Waals surface area contributed by atoms with Crippen molar-refractivity contribution in [3.05, 3.63) is 59.0 Å². The molecule has 0 spiro atoms. The minimum Gasteiger partial charge on any atom is -0.341 e. The van der Waals surface area contributed by atoms with Crippen LogP contribution in [0.25, 0.3) is 11.3 Å². The van der Waals surface area contributed by atoms with Gasteiger partial charge in [0.2, 0.25) is 5.95 Å². The molecule has 0 aliphatic carbocycles. The van der Waals surface area contributed by atoms with Crippen molar-refractivity contribution >= 4 is 23.3 Å². The highest BCUT2D eigenvalue weighted by Crippen LogP contribution is 2.36. The predicted molar refractivity (Wildman–Crippen MR) is 120 cm³/mol. The predicted octanol–water partition coefficient (Wildman–Crippen LogP) is 4.14. The molecule has 160 valence electrons. The Labute approximate surface area is 186 Å². The summed E-state index contributed by atoms with van der Waals surface area (Å²) in [6, 6.07) is 9.19. The Balaban J connectivity index is 1.38. The molecule has 2 aromatic heterocycles. The second-order valence-electron chi connectivity index (χ2n) is 8.20. The van der Waals surface area contributed by atoms with Crippen LogP contribution in [0.2, 0.25) is 5.02 Å². The Morgan fingerprint density at radius 3 is 2.87 bits per heavy atom. The van der Waals surface area contributed by atoms with Gasteiger partial charge in [0.15, 0.2) is 5.78 Å². The van der Waals surface area contributed by atoms with Gasteiger partial charge in [-0.3, -0.25) is 14.8 Å². The van der Waals surface area contributed by atoms with Gasteiger partial charge in [-0.2, -0.15) is 5.10 Å². The first-order valence-corrected chi connectivity index (χ1v) is 11.2. The number of anilines is 1. The van der Waals surface area contributed by atoms with Crippen molar-refractivity contribution in [1.29, 1.82) is 0 Å². The zero-order valence-electron chi connectivity index (χ0n) is 17.3. The van der Waals surface area contributed by atoms with E-state index in [0.717, 1.165) is 55.4 Å². The van der Waals surface area contributed by atoms with Gasteiger partial charge in [-0.15, -0.1) is 0 Å². The van der Waals surface area contributed by atoms with Crippen LogP contribution in [0.5, 0.6) is 0 Å². The van der Waals surface area contributed by atoms with Crippen molar-refractivity contribution in [1.82, 2.24) is 25.1 Å². The molecular formula is C23H25ClN6O. The van der Waals surface area contributed by atoms with Gasteiger partial charge in [-0.25, -0.2) is 9.97 Å². The fourth-order valence-corrected chi connectivity index (χ4v) is 4.79. The number of carbonyl (C=O) groups excluding carboxylic acids is 1. The topological polar surface area (TPSA) is 78.0 Å². The van der Waals surface area contributed by atoms with E-state index in [1.54, 1.807) is 12.1 Å². The fourth-order valence-electron chi connectivity index (χ4n) is 4.60. The fraction of sp³-hybridized carbons (Fsp3) is 0.391. The second kappa shape index (κ2) is 8.77. The molecule has 0 amide bonds. The van der Waals surface area contributed by atoms with E-state index in [9.17, 15) is 4.79 Å². The van der Waals surface area contributed by atoms with E-state index in [0.29, 0.717) is 17.1 Å². The van der Waals surface area contributed by atoms with Crippen LogP contribution in [0.3, 0.4) is 0 Å². The van der Waals surface area contributed by atoms with Crippen molar-refractivity contribution in [3.63, 3.8) is 0 Å². The highest BCUT2D eigenvalue weighted by atomic mass is 35.5. The third-order valence-electron chi connectivity index (χ3n) is 6.17. The van der Waals surface area contributed by atoms with Crippen LogP contribution in [-0.2, 0) is 0 Å². The van der Waals surface area contributed by atoms with Gasteiger partial charge in [-0.1, -0.05) is 23.7 Å². The van der Waals surface area contributed by atoms with E-state index >= 15 is 0 Å². The van der Waals surface area contributed by atoms with Crippen LogP contribution in [0.4, 0.5) is 5.95 Å². The molecular weight excluding hydrogens is 412 g/mol. The zero-order valence-corrected chi connectivity index (χ0v) is 18.1. The van der Waals surface area contributed by atoms with Gasteiger partial charge >= 0.3 is 0 Å². The van der Waals surface area contributed by atoms with Crippen LogP contribution >= 0.6 is 11.6 Å². The number of nitrogens with zero attached hydrogens (tertiary/aromatic N) is 5. The third kappa shape index (κ3) is 4.20. The zero-order chi connectivity index (χ0) is 21.2. The average molecular weight is 437 g/mol. The van der Waals surface area contributed by atoms with Crippen molar-refractivity contribution in [2.45, 2.75) is 31.7 Å². The van der Waals surface area contributed by atoms with E-state index in [4.69, 9.17) is 16.6 Å². The minimum absolute atomic E-state index is 0.0776. The SMILES string of the molecule is O=C(CN1CCC[C@@H]1c1[nH]ncc1-c1ccnc(N2CCCC2)n1)c1cccc(Cl)c1. The molecule has 1 aromatic carbocycles. The van der Waals surface area contributed by atoms with Crippen LogP contribution in [0.15, 0.2) is 42.7 Å². The molecule has 0 bridgehead atoms. The number of Topliss-reactive ketones (excluding diaryl/α,β-unsaturated/α-hetero) is 1. The number of H-pyrrole nitrogens is 1. The Bertz CT molecular complexity index is 1080. The molecule has 8 heteroatoms. The summed E-state index contributed by atoms with van der Waals surface area (Å²) in [5, 5.41) is 8.10. The summed E-state index contributed by atoms with van der Waals surface area (Å²) in [5.74, 6) is 0.857. The second-order valence-corrected chi connectivity index (χ2v) is 8.63. The van der Waals surface area contributed by atoms with E-state index < -0.39 is 0 Å². The number of aromatic amines is 1. The van der Waals surface area contributed by atoms with Crippen molar-refractivity contribution in [3.8, 4) is 11.3 Å². The van der Waals surface area contributed by atoms with Crippen LogP contribution in [-0.4, -0.2) is 57.0 Å². The van der Waals surface area contributed by atoms with Gasteiger partial charge in [0.05, 0.1) is 30.2 Å². The first-order chi connectivity index (χ1) is 15.2. The number of halogens is 1. The largest absolute Gasteiger partial charge is 0.341 e. The number of nitrogens with one attached hydrogen (secondary N) is 1. The molecule has 2 aliphatic heterocycles. The number of likely N-dealkylation sites (tertiary alicyclic amines) is 1. The molecule has 2 saturated heterocycles. The molecule has 3 aromatic rings. The standard InChI is InChI=1S/C23H25ClN6O/c24-17-6-3-5-16(13-17)21(31)15-30-12-4-7-20(30)22-18(14-26-28-22)19-8-9-25-23(27-19)29-10-1-2-11-29/h3,5-6,8-9,13-14,20H,1-2,4,7,10-12,15H2,(H,26,28)/t20-/m1/s1. The van der Waals surface area contributed by atoms with Crippen LogP contribution < -0.4 is 4.90 Å². The number of benzene rings is 1. The minimum atomic E-state index is 0.0776. The monoisotopic (exact) mass is 436 g/mol. The molecule has 1 N–H and O–H groups in total. The Morgan fingerprint density at radius 1 is 1.16 bits per heavy atom. The van der Waals surface area contributed by atoms with E-state index in [1.165, 1.54) is 12.8 Å². The summed E-state index contributed by atoms with van der Waals surface area (Å²) < 4.78 is 0. The van der Waals surface area contributed by atoms with Gasteiger partial charge in [-0.05, 0) is 50.4 Å². The van der Waals surface area contributed by atoms with Gasteiger partial charge < -0.3 is 4.90 Å². The highest BCUT2D eigenvalue weighted by molar-refractivity contribution is 6.31. The molecule has 2 fully saturated rings. The lowest BCUT2D eigenvalue weighted by molar-refractivity contribution is 0.0920. The third-order valence-corrected chi connectivity index (χ3v) is 6.40. The number of ketones is 1. The molecule has 1 atom stereocenters. The van der Waals surface area contributed by atoms with Crippen molar-refractivity contribution in [2.24, 2.45) is 0 Å². The van der Waals surface area contributed by atoms with Gasteiger partial charge in [0.1, 0.15) is 0 Å². The highest BCUT2D eigenvalue weighted by Gasteiger charge is 2.31. The summed E-state index contributed by atoms with van der Waals surface area (Å²) in [6.07, 6.45) is 8.03. The van der Waals surface area contributed by atoms with Crippen LogP contribution in [0, 0.1) is 0 Å². The number of hydrogen-bond acceptors (Lipinski definition) is 6. The molecule has 31 heavy (non-hydrogen) atoms. The maximum Gasteiger partial charge on any atom is 0.225 e. The molecule has 0 unspecified atom stereocenters. The molecule has 0 radical (unpaired) electrons. The lowest BCUT2D eigenvalue weighted by atomic mass is 10.0. The quantitative estimate of drug-likeness (QED) is 0.585. The smallest absolute Gasteiger partial charge is 0.225 e. The Hall–Kier alpha value is -2.77. The number of aromatic nitrogens is 4. The molecule has 5 rings (SSSR count). The summed E-state index contributed by atoms with van der Waals surface area (Å²) in [5.41, 5.74) is 3.51. The van der Waals surface area contributed by atoms with E-state index in [1.807, 2.05) is 30.6 Å². The summed E-state index contributed by atoms with van der Waals surface area (Å²) in [4.78, 5) is 26.6. The normalized spacial score (nSPS) is 19.3. The lowest BCUT2D eigenvalue weighted by Crippen LogP contribution is -2.30. The summed E-state index contributed by atoms with van der Waals surface area (Å²) >= 11 is 6.07. The number of hydrogen-bond donors (Lipinski definition) is 1. The Morgan fingerprint density at radius 2 is 2.03 bits per heavy atom. The molecule has 4 heterocycles. The summed E-state index contributed by atoms with van der Waals surface area (Å²) in [7, 11) is 0. The molecule has 0 saturated carbocycles. The number of rotatable bonds is 6. The van der Waals surface area contributed by atoms with Crippen molar-refractivity contribution < 1.29 is 4.79 Å². The van der Waals surface area contributed by atoms with Gasteiger partial charge in [0, 0.05) is 35.4 Å². The number of carbonyl (C=O) groups is 1. The maximum atomic E-state index is 12.9. The maximum absolute atomic E-state index is 12.9. The summed E-state index contributed by atoms with van der Waals surface area (Å²) in [6.45, 7) is 3.23. The van der Waals surface area contributed by atoms with E-state index in [-0.39, 0.29) is 11.8 Å². The van der Waals surface area contributed by atoms with Crippen LogP contribution in [0.1, 0.15) is 47.8 Å². The first-order valence-electron chi connectivity index (χ1n) is 10.8. The van der Waals surface area contributed by atoms with Gasteiger partial charge in [0.25, 0.3) is 0 Å². The average Bonchev–Trinajstić information content (AvgIpc) is 3.55. The van der Waals surface area contributed by atoms with E-state index in [2.05, 4.69) is 25.0 Å². The lowest BCUT2D eigenvalue weighted by Gasteiger charge is -2.24. The molecule has 2 aliphatic rings. The Kier molecular flexibility index (Phi) is 5.70. The molecule has 7 nitrogen and oxygen atoms in total.